The van der Waals surface area contributed by atoms with Gasteiger partial charge in [-0.3, -0.25) is 19.5 Å². The van der Waals surface area contributed by atoms with Crippen molar-refractivity contribution in [3.05, 3.63) is 101 Å². The summed E-state index contributed by atoms with van der Waals surface area (Å²) in [4.78, 5) is 42.4. The van der Waals surface area contributed by atoms with Gasteiger partial charge in [0, 0.05) is 12.1 Å². The van der Waals surface area contributed by atoms with Crippen LogP contribution in [0.25, 0.3) is 6.08 Å². The number of fused-ring (bicyclic) bond motifs is 1. The maximum absolute atomic E-state index is 13.6. The van der Waals surface area contributed by atoms with Gasteiger partial charge in [0.05, 0.1) is 39.5 Å². The fourth-order valence-corrected chi connectivity index (χ4v) is 5.01. The van der Waals surface area contributed by atoms with Crippen molar-refractivity contribution in [2.75, 3.05) is 6.61 Å². The number of ether oxygens (including phenoxy) is 2. The van der Waals surface area contributed by atoms with E-state index in [-0.39, 0.29) is 22.9 Å². The molecule has 1 aliphatic heterocycles. The minimum Gasteiger partial charge on any atom is -0.494 e. The normalized spacial score (nSPS) is 15.5. The Morgan fingerprint density at radius 3 is 2.61 bits per heavy atom. The molecule has 0 amide bonds. The molecule has 3 aromatic rings. The standard InChI is InChI=1S/C26H25N3O6S/c1-5-34-20-11-9-18(10-12-20)23-22(25(31)35-15(2)3)16(4)27-26-28(23)24(30)21(36-26)14-17-7-6-8-19(13-17)29(32)33/h6-15,23H,5H2,1-4H3/b21-14-. The van der Waals surface area contributed by atoms with E-state index in [9.17, 15) is 19.7 Å². The van der Waals surface area contributed by atoms with E-state index in [1.165, 1.54) is 16.7 Å². The number of aromatic nitrogens is 1. The number of esters is 1. The SMILES string of the molecule is CCOc1ccc(C2C(C(=O)OC(C)C)=C(C)N=c3s/c(=C\c4cccc([N+](=O)[O-])c4)c(=O)n32)cc1. The Morgan fingerprint density at radius 2 is 1.97 bits per heavy atom. The predicted octanol–water partition coefficient (Wildman–Crippen LogP) is 3.49. The van der Waals surface area contributed by atoms with Crippen LogP contribution < -0.4 is 19.6 Å². The molecule has 1 aromatic heterocycles. The molecule has 0 saturated heterocycles. The van der Waals surface area contributed by atoms with E-state index in [1.807, 2.05) is 19.1 Å². The van der Waals surface area contributed by atoms with E-state index in [1.54, 1.807) is 51.1 Å². The van der Waals surface area contributed by atoms with Crippen LogP contribution in [0.1, 0.15) is 44.9 Å². The Bertz CT molecular complexity index is 1530. The largest absolute Gasteiger partial charge is 0.494 e. The Balaban J connectivity index is 1.90. The van der Waals surface area contributed by atoms with Gasteiger partial charge in [0.15, 0.2) is 4.80 Å². The van der Waals surface area contributed by atoms with E-state index in [2.05, 4.69) is 4.99 Å². The van der Waals surface area contributed by atoms with Gasteiger partial charge in [0.25, 0.3) is 11.2 Å². The number of non-ortho nitro benzene ring substituents is 1. The summed E-state index contributed by atoms with van der Waals surface area (Å²) in [5.74, 6) is 0.129. The van der Waals surface area contributed by atoms with Gasteiger partial charge in [-0.1, -0.05) is 35.6 Å². The molecular weight excluding hydrogens is 482 g/mol. The minimum atomic E-state index is -0.754. The number of nitro benzene ring substituents is 1. The van der Waals surface area contributed by atoms with Crippen molar-refractivity contribution in [1.29, 1.82) is 0 Å². The van der Waals surface area contributed by atoms with Gasteiger partial charge in [-0.15, -0.1) is 0 Å². The fourth-order valence-electron chi connectivity index (χ4n) is 3.97. The topological polar surface area (TPSA) is 113 Å². The lowest BCUT2D eigenvalue weighted by Crippen LogP contribution is -2.40. The molecule has 0 radical (unpaired) electrons. The van der Waals surface area contributed by atoms with E-state index >= 15 is 0 Å². The maximum atomic E-state index is 13.6. The van der Waals surface area contributed by atoms with Crippen LogP contribution in [0.15, 0.2) is 69.6 Å². The predicted molar refractivity (Wildman–Crippen MR) is 136 cm³/mol. The quantitative estimate of drug-likeness (QED) is 0.275. The van der Waals surface area contributed by atoms with Crippen LogP contribution in [0, 0.1) is 10.1 Å². The van der Waals surface area contributed by atoms with Gasteiger partial charge < -0.3 is 9.47 Å². The van der Waals surface area contributed by atoms with Crippen molar-refractivity contribution in [2.45, 2.75) is 39.8 Å². The molecule has 0 bridgehead atoms. The second kappa shape index (κ2) is 10.3. The monoisotopic (exact) mass is 507 g/mol. The first kappa shape index (κ1) is 25.1. The van der Waals surface area contributed by atoms with E-state index < -0.39 is 16.9 Å². The highest BCUT2D eigenvalue weighted by atomic mass is 32.1. The van der Waals surface area contributed by atoms with Gasteiger partial charge in [-0.05, 0) is 57.0 Å². The molecule has 0 saturated carbocycles. The summed E-state index contributed by atoms with van der Waals surface area (Å²) in [6.07, 6.45) is 1.24. The molecular formula is C26H25N3O6S. The highest BCUT2D eigenvalue weighted by Crippen LogP contribution is 2.32. The molecule has 9 nitrogen and oxygen atoms in total. The highest BCUT2D eigenvalue weighted by molar-refractivity contribution is 7.07. The number of carbonyl (C=O) groups excluding carboxylic acids is 1. The van der Waals surface area contributed by atoms with Crippen LogP contribution in [-0.4, -0.2) is 28.2 Å². The lowest BCUT2D eigenvalue weighted by Gasteiger charge is -2.25. The third-order valence-corrected chi connectivity index (χ3v) is 6.45. The number of allylic oxidation sites excluding steroid dienone is 1. The third kappa shape index (κ3) is 4.99. The molecule has 186 valence electrons. The van der Waals surface area contributed by atoms with Gasteiger partial charge in [-0.25, -0.2) is 9.79 Å². The molecule has 10 heteroatoms. The molecule has 1 aliphatic rings. The molecule has 0 N–H and O–H groups in total. The molecule has 1 atom stereocenters. The average molecular weight is 508 g/mol. The lowest BCUT2D eigenvalue weighted by molar-refractivity contribution is -0.384. The number of carbonyl (C=O) groups is 1. The zero-order chi connectivity index (χ0) is 26.0. The van der Waals surface area contributed by atoms with Crippen LogP contribution in [0.2, 0.25) is 0 Å². The highest BCUT2D eigenvalue weighted by Gasteiger charge is 2.33. The summed E-state index contributed by atoms with van der Waals surface area (Å²) in [5, 5.41) is 11.2. The van der Waals surface area contributed by atoms with E-state index in [0.29, 0.717) is 38.5 Å². The number of hydrogen-bond acceptors (Lipinski definition) is 8. The van der Waals surface area contributed by atoms with Crippen molar-refractivity contribution in [1.82, 2.24) is 4.57 Å². The van der Waals surface area contributed by atoms with Crippen LogP contribution in [0.3, 0.4) is 0 Å². The second-order valence-electron chi connectivity index (χ2n) is 8.39. The second-order valence-corrected chi connectivity index (χ2v) is 9.40. The van der Waals surface area contributed by atoms with Crippen molar-refractivity contribution in [3.63, 3.8) is 0 Å². The third-order valence-electron chi connectivity index (χ3n) is 5.47. The average Bonchev–Trinajstić information content (AvgIpc) is 3.13. The van der Waals surface area contributed by atoms with E-state index in [0.717, 1.165) is 11.3 Å². The van der Waals surface area contributed by atoms with E-state index in [4.69, 9.17) is 9.47 Å². The van der Waals surface area contributed by atoms with Gasteiger partial charge in [0.2, 0.25) is 0 Å². The summed E-state index contributed by atoms with van der Waals surface area (Å²) < 4.78 is 12.9. The number of hydrogen-bond donors (Lipinski definition) is 0. The molecule has 4 rings (SSSR count). The Kier molecular flexibility index (Phi) is 7.16. The number of rotatable bonds is 7. The van der Waals surface area contributed by atoms with Crippen molar-refractivity contribution < 1.29 is 19.2 Å². The molecule has 2 heterocycles. The zero-order valence-electron chi connectivity index (χ0n) is 20.3. The lowest BCUT2D eigenvalue weighted by atomic mass is 9.96. The van der Waals surface area contributed by atoms with Crippen LogP contribution >= 0.6 is 11.3 Å². The molecule has 0 spiro atoms. The first-order valence-electron chi connectivity index (χ1n) is 11.4. The van der Waals surface area contributed by atoms with Gasteiger partial charge >= 0.3 is 5.97 Å². The van der Waals surface area contributed by atoms with Crippen LogP contribution in [-0.2, 0) is 9.53 Å². The Labute approximate surface area is 210 Å². The van der Waals surface area contributed by atoms with Gasteiger partial charge in [0.1, 0.15) is 5.75 Å². The van der Waals surface area contributed by atoms with Crippen LogP contribution in [0.4, 0.5) is 5.69 Å². The smallest absolute Gasteiger partial charge is 0.338 e. The van der Waals surface area contributed by atoms with Crippen molar-refractivity contribution >= 4 is 29.1 Å². The molecule has 0 aliphatic carbocycles. The summed E-state index contributed by atoms with van der Waals surface area (Å²) in [7, 11) is 0. The van der Waals surface area contributed by atoms with Gasteiger partial charge in [-0.2, -0.15) is 0 Å². The number of thiazole rings is 1. The maximum Gasteiger partial charge on any atom is 0.338 e. The Morgan fingerprint density at radius 1 is 1.25 bits per heavy atom. The zero-order valence-corrected chi connectivity index (χ0v) is 21.1. The minimum absolute atomic E-state index is 0.0710. The number of nitrogens with zero attached hydrogens (tertiary/aromatic N) is 3. The summed E-state index contributed by atoms with van der Waals surface area (Å²) in [6, 6.07) is 12.5. The molecule has 36 heavy (non-hydrogen) atoms. The molecule has 0 fully saturated rings. The summed E-state index contributed by atoms with van der Waals surface area (Å²) >= 11 is 1.16. The fraction of sp³-hybridized carbons (Fsp3) is 0.269. The summed E-state index contributed by atoms with van der Waals surface area (Å²) in [5.41, 5.74) is 1.53. The van der Waals surface area contributed by atoms with Crippen molar-refractivity contribution in [2.24, 2.45) is 4.99 Å². The summed E-state index contributed by atoms with van der Waals surface area (Å²) in [6.45, 7) is 7.63. The van der Waals surface area contributed by atoms with Crippen molar-refractivity contribution in [3.8, 4) is 5.75 Å². The first-order chi connectivity index (χ1) is 17.2. The Hall–Kier alpha value is -4.05. The molecule has 1 unspecified atom stereocenters. The first-order valence-corrected chi connectivity index (χ1v) is 12.2. The molecule has 2 aromatic carbocycles. The van der Waals surface area contributed by atoms with Crippen LogP contribution in [0.5, 0.6) is 5.75 Å². The number of benzene rings is 2. The number of nitro groups is 1.